The number of nitrogens with zero attached hydrogens (tertiary/aromatic N) is 2. The normalized spacial score (nSPS) is 16.8. The summed E-state index contributed by atoms with van der Waals surface area (Å²) in [5.74, 6) is 1.19. The van der Waals surface area contributed by atoms with Gasteiger partial charge in [0.15, 0.2) is 11.5 Å². The van der Waals surface area contributed by atoms with Gasteiger partial charge >= 0.3 is 0 Å². The van der Waals surface area contributed by atoms with Gasteiger partial charge in [0.05, 0.1) is 19.1 Å². The predicted octanol–water partition coefficient (Wildman–Crippen LogP) is 4.66. The largest absolute Gasteiger partial charge is 0.493 e. The molecule has 2 heterocycles. The van der Waals surface area contributed by atoms with Gasteiger partial charge < -0.3 is 14.4 Å². The van der Waals surface area contributed by atoms with Crippen molar-refractivity contribution >= 4 is 51.9 Å². The molecular weight excluding hydrogens is 456 g/mol. The monoisotopic (exact) mass is 482 g/mol. The summed E-state index contributed by atoms with van der Waals surface area (Å²) in [5.41, 5.74) is 3.05. The highest BCUT2D eigenvalue weighted by atomic mass is 32.2. The Kier molecular flexibility index (Phi) is 7.35. The number of fused-ring (bicyclic) bond motifs is 1. The molecule has 0 radical (unpaired) electrons. The number of methoxy groups -OCH3 is 2. The second kappa shape index (κ2) is 10.4. The van der Waals surface area contributed by atoms with Gasteiger partial charge in [0, 0.05) is 25.2 Å². The van der Waals surface area contributed by atoms with Crippen molar-refractivity contribution in [1.29, 1.82) is 0 Å². The zero-order valence-electron chi connectivity index (χ0n) is 18.7. The zero-order chi connectivity index (χ0) is 23.4. The first-order valence-corrected chi connectivity index (χ1v) is 12.1. The second-order valence-electron chi connectivity index (χ2n) is 7.83. The van der Waals surface area contributed by atoms with Crippen LogP contribution in [0.3, 0.4) is 0 Å². The lowest BCUT2D eigenvalue weighted by atomic mass is 10.0. The predicted molar refractivity (Wildman–Crippen MR) is 136 cm³/mol. The fourth-order valence-electron chi connectivity index (χ4n) is 4.10. The lowest BCUT2D eigenvalue weighted by Gasteiger charge is -2.29. The number of rotatable bonds is 7. The van der Waals surface area contributed by atoms with Crippen molar-refractivity contribution in [2.75, 3.05) is 32.2 Å². The molecule has 8 heteroatoms. The number of hydrogen-bond acceptors (Lipinski definition) is 6. The molecule has 2 aromatic carbocycles. The van der Waals surface area contributed by atoms with Crippen molar-refractivity contribution in [2.24, 2.45) is 0 Å². The summed E-state index contributed by atoms with van der Waals surface area (Å²) in [6, 6.07) is 13.6. The molecule has 172 valence electrons. The summed E-state index contributed by atoms with van der Waals surface area (Å²) in [6.07, 6.45) is 4.71. The summed E-state index contributed by atoms with van der Waals surface area (Å²) in [4.78, 5) is 29.8. The first-order valence-electron chi connectivity index (χ1n) is 10.9. The zero-order valence-corrected chi connectivity index (χ0v) is 20.3. The third-order valence-electron chi connectivity index (χ3n) is 5.76. The summed E-state index contributed by atoms with van der Waals surface area (Å²) in [5, 5.41) is 0. The number of carbonyl (C=O) groups is 2. The van der Waals surface area contributed by atoms with E-state index in [1.807, 2.05) is 35.2 Å². The van der Waals surface area contributed by atoms with Crippen LogP contribution in [-0.4, -0.2) is 48.3 Å². The van der Waals surface area contributed by atoms with E-state index in [2.05, 4.69) is 6.07 Å². The van der Waals surface area contributed by atoms with Gasteiger partial charge in [-0.2, -0.15) is 0 Å². The molecule has 0 aliphatic carbocycles. The molecule has 0 N–H and O–H groups in total. The fraction of sp³-hybridized carbons (Fsp3) is 0.320. The molecule has 2 amide bonds. The average molecular weight is 483 g/mol. The number of thioether (sulfide) groups is 1. The van der Waals surface area contributed by atoms with Gasteiger partial charge in [-0.15, -0.1) is 0 Å². The van der Waals surface area contributed by atoms with Crippen LogP contribution in [0.1, 0.15) is 30.4 Å². The first kappa shape index (κ1) is 23.3. The van der Waals surface area contributed by atoms with Crippen LogP contribution in [0, 0.1) is 0 Å². The van der Waals surface area contributed by atoms with Crippen molar-refractivity contribution in [3.8, 4) is 11.5 Å². The van der Waals surface area contributed by atoms with Crippen molar-refractivity contribution in [3.63, 3.8) is 0 Å². The number of carbonyl (C=O) groups excluding carboxylic acids is 2. The van der Waals surface area contributed by atoms with E-state index >= 15 is 0 Å². The Morgan fingerprint density at radius 3 is 2.73 bits per heavy atom. The van der Waals surface area contributed by atoms with Crippen LogP contribution in [0.25, 0.3) is 6.08 Å². The van der Waals surface area contributed by atoms with Gasteiger partial charge in [-0.05, 0) is 54.7 Å². The van der Waals surface area contributed by atoms with Crippen molar-refractivity contribution < 1.29 is 19.1 Å². The SMILES string of the molecule is COc1ccc(C=C2SC(=S)N(CCCC(=O)N3CCCc4ccccc43)C2=O)cc1OC. The number of ether oxygens (including phenoxy) is 2. The van der Waals surface area contributed by atoms with Crippen LogP contribution in [0.4, 0.5) is 5.69 Å². The maximum atomic E-state index is 12.9. The molecular formula is C25H26N2O4S2. The van der Waals surface area contributed by atoms with E-state index in [0.29, 0.717) is 40.1 Å². The highest BCUT2D eigenvalue weighted by Crippen LogP contribution is 2.35. The minimum Gasteiger partial charge on any atom is -0.493 e. The molecule has 1 saturated heterocycles. The van der Waals surface area contributed by atoms with Gasteiger partial charge in [-0.25, -0.2) is 0 Å². The van der Waals surface area contributed by atoms with E-state index in [0.717, 1.165) is 30.6 Å². The van der Waals surface area contributed by atoms with Crippen LogP contribution in [0.2, 0.25) is 0 Å². The number of anilines is 1. The van der Waals surface area contributed by atoms with Gasteiger partial charge in [-0.3, -0.25) is 14.5 Å². The van der Waals surface area contributed by atoms with Crippen LogP contribution in [-0.2, 0) is 16.0 Å². The molecule has 0 bridgehead atoms. The summed E-state index contributed by atoms with van der Waals surface area (Å²) in [6.45, 7) is 1.17. The molecule has 0 atom stereocenters. The summed E-state index contributed by atoms with van der Waals surface area (Å²) < 4.78 is 11.1. The highest BCUT2D eigenvalue weighted by molar-refractivity contribution is 8.26. The lowest BCUT2D eigenvalue weighted by Crippen LogP contribution is -2.36. The molecule has 2 aromatic rings. The van der Waals surface area contributed by atoms with Crippen molar-refractivity contribution in [1.82, 2.24) is 4.90 Å². The van der Waals surface area contributed by atoms with Gasteiger partial charge in [-0.1, -0.05) is 48.2 Å². The smallest absolute Gasteiger partial charge is 0.266 e. The molecule has 2 aliphatic heterocycles. The van der Waals surface area contributed by atoms with Crippen molar-refractivity contribution in [3.05, 3.63) is 58.5 Å². The lowest BCUT2D eigenvalue weighted by molar-refractivity contribution is -0.123. The standard InChI is InChI=1S/C25H26N2O4S2/c1-30-20-12-11-17(15-21(20)31-2)16-22-24(29)27(25(32)33-22)14-6-10-23(28)26-13-5-8-18-7-3-4-9-19(18)26/h3-4,7,9,11-12,15-16H,5-6,8,10,13-14H2,1-2H3. The third kappa shape index (κ3) is 5.07. The second-order valence-corrected chi connectivity index (χ2v) is 9.50. The molecule has 2 aliphatic rings. The fourth-order valence-corrected chi connectivity index (χ4v) is 5.41. The Morgan fingerprint density at radius 1 is 1.15 bits per heavy atom. The molecule has 33 heavy (non-hydrogen) atoms. The Bertz CT molecular complexity index is 1120. The molecule has 4 rings (SSSR count). The van der Waals surface area contributed by atoms with Crippen LogP contribution >= 0.6 is 24.0 Å². The average Bonchev–Trinajstić information content (AvgIpc) is 3.10. The first-order chi connectivity index (χ1) is 16.0. The van der Waals surface area contributed by atoms with Crippen molar-refractivity contribution in [2.45, 2.75) is 25.7 Å². The van der Waals surface area contributed by atoms with Gasteiger partial charge in [0.2, 0.25) is 5.91 Å². The number of thiocarbonyl (C=S) groups is 1. The van der Waals surface area contributed by atoms with E-state index in [1.165, 1.54) is 17.3 Å². The number of aryl methyl sites for hydroxylation is 1. The van der Waals surface area contributed by atoms with Gasteiger partial charge in [0.1, 0.15) is 4.32 Å². The quantitative estimate of drug-likeness (QED) is 0.422. The van der Waals surface area contributed by atoms with E-state index in [-0.39, 0.29) is 11.8 Å². The minimum atomic E-state index is -0.129. The maximum absolute atomic E-state index is 12.9. The maximum Gasteiger partial charge on any atom is 0.266 e. The van der Waals surface area contributed by atoms with Crippen LogP contribution < -0.4 is 14.4 Å². The molecule has 0 saturated carbocycles. The molecule has 6 nitrogen and oxygen atoms in total. The van der Waals surface area contributed by atoms with Crippen LogP contribution in [0.5, 0.6) is 11.5 Å². The Morgan fingerprint density at radius 2 is 1.94 bits per heavy atom. The Labute approximate surface area is 203 Å². The van der Waals surface area contributed by atoms with E-state index in [1.54, 1.807) is 31.3 Å². The van der Waals surface area contributed by atoms with E-state index < -0.39 is 0 Å². The molecule has 0 unspecified atom stereocenters. The van der Waals surface area contributed by atoms with E-state index in [9.17, 15) is 9.59 Å². The number of benzene rings is 2. The number of hydrogen-bond donors (Lipinski definition) is 0. The molecule has 1 fully saturated rings. The van der Waals surface area contributed by atoms with E-state index in [4.69, 9.17) is 21.7 Å². The summed E-state index contributed by atoms with van der Waals surface area (Å²) in [7, 11) is 3.16. The number of para-hydroxylation sites is 1. The Balaban J connectivity index is 1.37. The van der Waals surface area contributed by atoms with Gasteiger partial charge in [0.25, 0.3) is 5.91 Å². The van der Waals surface area contributed by atoms with Crippen LogP contribution in [0.15, 0.2) is 47.4 Å². The topological polar surface area (TPSA) is 59.1 Å². The molecule has 0 aromatic heterocycles. The highest BCUT2D eigenvalue weighted by Gasteiger charge is 2.32. The summed E-state index contributed by atoms with van der Waals surface area (Å²) >= 11 is 6.72. The minimum absolute atomic E-state index is 0.0912. The molecule has 0 spiro atoms. The number of amides is 2. The third-order valence-corrected chi connectivity index (χ3v) is 7.14. The Hall–Kier alpha value is -2.84.